The molecule has 1 unspecified atom stereocenters. The molecule has 0 aliphatic heterocycles. The minimum atomic E-state index is -4.42. The van der Waals surface area contributed by atoms with Crippen LogP contribution in [0.5, 0.6) is 5.75 Å². The van der Waals surface area contributed by atoms with E-state index in [2.05, 4.69) is 5.32 Å². The number of rotatable bonds is 6. The smallest absolute Gasteiger partial charge is 0.446 e. The number of nitrogens with one attached hydrogen (secondary N) is 1. The molecule has 0 aliphatic carbocycles. The summed E-state index contributed by atoms with van der Waals surface area (Å²) >= 11 is -0.260. The number of carbonyl (C=O) groups is 1. The zero-order valence-electron chi connectivity index (χ0n) is 16.6. The lowest BCUT2D eigenvalue weighted by atomic mass is 9.90. The Bertz CT molecular complexity index is 1210. The third kappa shape index (κ3) is 6.04. The number of amides is 1. The molecule has 1 atom stereocenters. The van der Waals surface area contributed by atoms with Crippen molar-refractivity contribution in [2.75, 3.05) is 11.6 Å². The maximum Gasteiger partial charge on any atom is 0.446 e. The van der Waals surface area contributed by atoms with Crippen LogP contribution in [-0.4, -0.2) is 31.2 Å². The number of hydrogen-bond acceptors (Lipinski definition) is 5. The third-order valence-electron chi connectivity index (χ3n) is 4.47. The molecule has 0 aromatic heterocycles. The number of sulfone groups is 1. The van der Waals surface area contributed by atoms with Gasteiger partial charge in [-0.1, -0.05) is 36.4 Å². The van der Waals surface area contributed by atoms with Gasteiger partial charge in [-0.05, 0) is 59.3 Å². The summed E-state index contributed by atoms with van der Waals surface area (Å²) in [7, 11) is -3.75. The van der Waals surface area contributed by atoms with Gasteiger partial charge in [0.05, 0.1) is 5.92 Å². The van der Waals surface area contributed by atoms with Crippen LogP contribution in [0.4, 0.5) is 18.9 Å². The maximum absolute atomic E-state index is 13.2. The molecule has 0 radical (unpaired) electrons. The summed E-state index contributed by atoms with van der Waals surface area (Å²) in [6.45, 7) is 0. The predicted molar refractivity (Wildman–Crippen MR) is 116 cm³/mol. The zero-order chi connectivity index (χ0) is 23.5. The van der Waals surface area contributed by atoms with Crippen LogP contribution in [0.15, 0.2) is 82.6 Å². The van der Waals surface area contributed by atoms with E-state index < -0.39 is 32.9 Å². The molecule has 0 aliphatic rings. The SMILES string of the molecule is CS(=O)(=O)c1cc(C(C(=O)Nc2ccc(SC(F)(F)F)cc2)c2ccccc2)ccc1O. The molecule has 0 bridgehead atoms. The van der Waals surface area contributed by atoms with E-state index in [1.165, 1.54) is 42.5 Å². The van der Waals surface area contributed by atoms with Crippen molar-refractivity contribution in [1.82, 2.24) is 0 Å². The largest absolute Gasteiger partial charge is 0.507 e. The highest BCUT2D eigenvalue weighted by Crippen LogP contribution is 2.37. The van der Waals surface area contributed by atoms with Crippen molar-refractivity contribution >= 4 is 33.2 Å². The topological polar surface area (TPSA) is 83.5 Å². The number of hydrogen-bond donors (Lipinski definition) is 2. The normalized spacial score (nSPS) is 12.9. The molecule has 1 amide bonds. The number of benzene rings is 3. The van der Waals surface area contributed by atoms with Gasteiger partial charge >= 0.3 is 5.51 Å². The van der Waals surface area contributed by atoms with Crippen molar-refractivity contribution in [1.29, 1.82) is 0 Å². The van der Waals surface area contributed by atoms with Crippen LogP contribution in [0.2, 0.25) is 0 Å². The molecule has 0 saturated carbocycles. The lowest BCUT2D eigenvalue weighted by molar-refractivity contribution is -0.116. The first-order valence-electron chi connectivity index (χ1n) is 9.18. The third-order valence-corrected chi connectivity index (χ3v) is 6.33. The van der Waals surface area contributed by atoms with E-state index in [9.17, 15) is 31.5 Å². The molecule has 3 aromatic rings. The molecule has 5 nitrogen and oxygen atoms in total. The highest BCUT2D eigenvalue weighted by atomic mass is 32.2. The van der Waals surface area contributed by atoms with Crippen LogP contribution in [0, 0.1) is 0 Å². The summed E-state index contributed by atoms with van der Waals surface area (Å²) in [5.41, 5.74) is -3.24. The molecular weight excluding hydrogens is 463 g/mol. The van der Waals surface area contributed by atoms with Gasteiger partial charge in [-0.2, -0.15) is 13.2 Å². The van der Waals surface area contributed by atoms with Crippen LogP contribution in [0.3, 0.4) is 0 Å². The van der Waals surface area contributed by atoms with Crippen molar-refractivity contribution in [3.05, 3.63) is 83.9 Å². The second-order valence-electron chi connectivity index (χ2n) is 6.90. The Morgan fingerprint density at radius 3 is 2.16 bits per heavy atom. The summed E-state index contributed by atoms with van der Waals surface area (Å²) in [6, 6.07) is 17.7. The Kier molecular flexibility index (Phi) is 6.85. The number of alkyl halides is 3. The molecule has 3 aromatic carbocycles. The lowest BCUT2D eigenvalue weighted by Gasteiger charge is -2.19. The quantitative estimate of drug-likeness (QED) is 0.474. The molecule has 2 N–H and O–H groups in total. The molecule has 0 fully saturated rings. The van der Waals surface area contributed by atoms with Gasteiger partial charge in [-0.3, -0.25) is 4.79 Å². The average Bonchev–Trinajstić information content (AvgIpc) is 2.70. The number of thioether (sulfide) groups is 1. The fourth-order valence-corrected chi connectivity index (χ4v) is 4.44. The van der Waals surface area contributed by atoms with E-state index >= 15 is 0 Å². The number of aromatic hydroxyl groups is 1. The Morgan fingerprint density at radius 2 is 1.59 bits per heavy atom. The summed E-state index contributed by atoms with van der Waals surface area (Å²) in [5, 5.41) is 12.6. The summed E-state index contributed by atoms with van der Waals surface area (Å²) in [6.07, 6.45) is 0.948. The Hall–Kier alpha value is -2.98. The zero-order valence-corrected chi connectivity index (χ0v) is 18.3. The van der Waals surface area contributed by atoms with E-state index in [4.69, 9.17) is 0 Å². The molecule has 0 heterocycles. The van der Waals surface area contributed by atoms with Crippen LogP contribution in [0.1, 0.15) is 17.0 Å². The van der Waals surface area contributed by atoms with E-state index in [0.717, 1.165) is 6.26 Å². The van der Waals surface area contributed by atoms with Crippen molar-refractivity contribution in [3.63, 3.8) is 0 Å². The van der Waals surface area contributed by atoms with Crippen LogP contribution >= 0.6 is 11.8 Å². The molecule has 32 heavy (non-hydrogen) atoms. The number of phenols is 1. The monoisotopic (exact) mass is 481 g/mol. The second-order valence-corrected chi connectivity index (χ2v) is 10.0. The van der Waals surface area contributed by atoms with Gasteiger partial charge in [0.2, 0.25) is 5.91 Å². The predicted octanol–water partition coefficient (Wildman–Crippen LogP) is 5.18. The number of halogens is 3. The first-order valence-corrected chi connectivity index (χ1v) is 11.9. The molecule has 168 valence electrons. The number of anilines is 1. The van der Waals surface area contributed by atoms with Crippen LogP contribution in [0.25, 0.3) is 0 Å². The average molecular weight is 482 g/mol. The fourth-order valence-electron chi connectivity index (χ4n) is 3.10. The van der Waals surface area contributed by atoms with E-state index in [1.807, 2.05) is 0 Å². The van der Waals surface area contributed by atoms with Crippen molar-refractivity contribution in [3.8, 4) is 5.75 Å². The maximum atomic E-state index is 13.2. The highest BCUT2D eigenvalue weighted by molar-refractivity contribution is 8.00. The van der Waals surface area contributed by atoms with Gasteiger partial charge in [0.25, 0.3) is 0 Å². The van der Waals surface area contributed by atoms with Gasteiger partial charge in [-0.25, -0.2) is 8.42 Å². The van der Waals surface area contributed by atoms with Gasteiger partial charge in [0.1, 0.15) is 10.6 Å². The van der Waals surface area contributed by atoms with Crippen LogP contribution < -0.4 is 5.32 Å². The highest BCUT2D eigenvalue weighted by Gasteiger charge is 2.29. The molecule has 0 saturated heterocycles. The number of phenolic OH excluding ortho intramolecular Hbond substituents is 1. The first-order chi connectivity index (χ1) is 14.9. The lowest BCUT2D eigenvalue weighted by Crippen LogP contribution is -2.22. The van der Waals surface area contributed by atoms with Crippen molar-refractivity contribution in [2.24, 2.45) is 0 Å². The minimum Gasteiger partial charge on any atom is -0.507 e. The Balaban J connectivity index is 1.95. The fraction of sp³-hybridized carbons (Fsp3) is 0.136. The van der Waals surface area contributed by atoms with E-state index in [-0.39, 0.29) is 27.2 Å². The summed E-state index contributed by atoms with van der Waals surface area (Å²) in [5.74, 6) is -1.87. The minimum absolute atomic E-state index is 0.0218. The van der Waals surface area contributed by atoms with Gasteiger partial charge in [0, 0.05) is 16.8 Å². The van der Waals surface area contributed by atoms with Crippen molar-refractivity contribution in [2.45, 2.75) is 21.2 Å². The van der Waals surface area contributed by atoms with Crippen molar-refractivity contribution < 1.29 is 31.5 Å². The van der Waals surface area contributed by atoms with Gasteiger partial charge < -0.3 is 10.4 Å². The Labute approximate surface area is 187 Å². The summed E-state index contributed by atoms with van der Waals surface area (Å²) < 4.78 is 61.6. The molecule has 3 rings (SSSR count). The van der Waals surface area contributed by atoms with E-state index in [0.29, 0.717) is 11.1 Å². The molecule has 10 heteroatoms. The van der Waals surface area contributed by atoms with Gasteiger partial charge in [0.15, 0.2) is 9.84 Å². The molecular formula is C22H18F3NO4S2. The first kappa shape index (κ1) is 23.7. The number of carbonyl (C=O) groups excluding carboxylic acids is 1. The van der Waals surface area contributed by atoms with E-state index in [1.54, 1.807) is 30.3 Å². The Morgan fingerprint density at radius 1 is 0.969 bits per heavy atom. The second kappa shape index (κ2) is 9.25. The summed E-state index contributed by atoms with van der Waals surface area (Å²) in [4.78, 5) is 12.8. The molecule has 0 spiro atoms. The standard InChI is InChI=1S/C22H18F3NO4S2/c1-32(29,30)19-13-15(7-12-18(19)27)20(14-5-3-2-4-6-14)21(28)26-16-8-10-17(11-9-16)31-22(23,24)25/h2-13,20,27H,1H3,(H,26,28). The van der Waals surface area contributed by atoms with Crippen LogP contribution in [-0.2, 0) is 14.6 Å². The van der Waals surface area contributed by atoms with Gasteiger partial charge in [-0.15, -0.1) is 0 Å².